The van der Waals surface area contributed by atoms with Crippen molar-refractivity contribution in [1.82, 2.24) is 15.0 Å². The highest BCUT2D eigenvalue weighted by molar-refractivity contribution is 7.13. The topological polar surface area (TPSA) is 80.0 Å². The summed E-state index contributed by atoms with van der Waals surface area (Å²) < 4.78 is 0. The number of piperidine rings is 1. The zero-order valence-corrected chi connectivity index (χ0v) is 12.9. The Kier molecular flexibility index (Phi) is 4.19. The smallest absolute Gasteiger partial charge is 0.188 e. The SMILES string of the molecule is CCC1CCCCN1c1ncnc(Nc2nccs2)c1N. The second-order valence-corrected chi connectivity index (χ2v) is 6.07. The summed E-state index contributed by atoms with van der Waals surface area (Å²) in [7, 11) is 0. The van der Waals surface area contributed by atoms with E-state index in [1.54, 1.807) is 12.5 Å². The monoisotopic (exact) mass is 304 g/mol. The van der Waals surface area contributed by atoms with Crippen molar-refractivity contribution in [2.24, 2.45) is 0 Å². The third-order valence-electron chi connectivity index (χ3n) is 3.89. The number of nitrogens with zero attached hydrogens (tertiary/aromatic N) is 4. The zero-order valence-electron chi connectivity index (χ0n) is 12.1. The molecule has 6 nitrogen and oxygen atoms in total. The molecule has 21 heavy (non-hydrogen) atoms. The number of anilines is 4. The van der Waals surface area contributed by atoms with Crippen LogP contribution in [0.4, 0.5) is 22.5 Å². The molecule has 0 amide bonds. The number of aromatic nitrogens is 3. The van der Waals surface area contributed by atoms with Gasteiger partial charge in [-0.15, -0.1) is 11.3 Å². The lowest BCUT2D eigenvalue weighted by Gasteiger charge is -2.36. The van der Waals surface area contributed by atoms with Crippen molar-refractivity contribution in [2.75, 3.05) is 22.5 Å². The fraction of sp³-hybridized carbons (Fsp3) is 0.500. The first kappa shape index (κ1) is 14.1. The summed E-state index contributed by atoms with van der Waals surface area (Å²) in [6, 6.07) is 0.517. The molecule has 1 aliphatic rings. The molecule has 1 saturated heterocycles. The number of nitrogen functional groups attached to an aromatic ring is 1. The Labute approximate surface area is 128 Å². The van der Waals surface area contributed by atoms with Crippen LogP contribution in [0.25, 0.3) is 0 Å². The summed E-state index contributed by atoms with van der Waals surface area (Å²) in [5.74, 6) is 1.48. The number of hydrogen-bond acceptors (Lipinski definition) is 7. The third-order valence-corrected chi connectivity index (χ3v) is 4.58. The van der Waals surface area contributed by atoms with Crippen LogP contribution in [0.3, 0.4) is 0 Å². The first-order valence-electron chi connectivity index (χ1n) is 7.33. The molecule has 1 unspecified atom stereocenters. The van der Waals surface area contributed by atoms with Gasteiger partial charge in [0, 0.05) is 24.2 Å². The molecule has 1 atom stereocenters. The molecule has 0 radical (unpaired) electrons. The van der Waals surface area contributed by atoms with E-state index in [4.69, 9.17) is 5.73 Å². The van der Waals surface area contributed by atoms with E-state index >= 15 is 0 Å². The first-order valence-corrected chi connectivity index (χ1v) is 8.21. The molecule has 3 heterocycles. The maximum Gasteiger partial charge on any atom is 0.188 e. The average molecular weight is 304 g/mol. The Balaban J connectivity index is 1.88. The Morgan fingerprint density at radius 2 is 2.29 bits per heavy atom. The lowest BCUT2D eigenvalue weighted by molar-refractivity contribution is 0.447. The van der Waals surface area contributed by atoms with E-state index in [1.165, 1.54) is 30.6 Å². The maximum atomic E-state index is 6.30. The molecule has 3 N–H and O–H groups in total. The third kappa shape index (κ3) is 2.92. The minimum Gasteiger partial charge on any atom is -0.393 e. The molecule has 112 valence electrons. The van der Waals surface area contributed by atoms with E-state index < -0.39 is 0 Å². The highest BCUT2D eigenvalue weighted by Crippen LogP contribution is 2.33. The number of rotatable bonds is 4. The van der Waals surface area contributed by atoms with Gasteiger partial charge in [-0.3, -0.25) is 0 Å². The summed E-state index contributed by atoms with van der Waals surface area (Å²) in [5, 5.41) is 5.87. The van der Waals surface area contributed by atoms with E-state index in [2.05, 4.69) is 32.1 Å². The summed E-state index contributed by atoms with van der Waals surface area (Å²) in [5.41, 5.74) is 6.90. The van der Waals surface area contributed by atoms with Crippen molar-refractivity contribution in [3.05, 3.63) is 17.9 Å². The second-order valence-electron chi connectivity index (χ2n) is 5.17. The van der Waals surface area contributed by atoms with Gasteiger partial charge in [0.05, 0.1) is 0 Å². The van der Waals surface area contributed by atoms with Gasteiger partial charge in [0.15, 0.2) is 16.8 Å². The quantitative estimate of drug-likeness (QED) is 0.903. The van der Waals surface area contributed by atoms with Crippen molar-refractivity contribution < 1.29 is 0 Å². The molecule has 0 aromatic carbocycles. The number of nitrogens with two attached hydrogens (primary N) is 1. The molecule has 3 rings (SSSR count). The van der Waals surface area contributed by atoms with E-state index in [9.17, 15) is 0 Å². The van der Waals surface area contributed by atoms with Crippen LogP contribution in [0, 0.1) is 0 Å². The van der Waals surface area contributed by atoms with E-state index in [0.717, 1.165) is 23.9 Å². The first-order chi connectivity index (χ1) is 10.3. The molecule has 0 aliphatic carbocycles. The molecule has 2 aromatic rings. The summed E-state index contributed by atoms with van der Waals surface area (Å²) in [6.07, 6.45) is 8.11. The van der Waals surface area contributed by atoms with Crippen molar-refractivity contribution in [1.29, 1.82) is 0 Å². The minimum atomic E-state index is 0.517. The van der Waals surface area contributed by atoms with Gasteiger partial charge in [0.2, 0.25) is 0 Å². The summed E-state index contributed by atoms with van der Waals surface area (Å²) in [6.45, 7) is 3.23. The standard InChI is InChI=1S/C14H20N6S/c1-2-10-5-3-4-7-20(10)13-11(15)12(17-9-18-13)19-14-16-6-8-21-14/h6,8-10H,2-5,7,15H2,1H3,(H,16,17,18,19). The average Bonchev–Trinajstić information content (AvgIpc) is 3.02. The molecule has 0 saturated carbocycles. The highest BCUT2D eigenvalue weighted by Gasteiger charge is 2.25. The normalized spacial score (nSPS) is 18.7. The van der Waals surface area contributed by atoms with Gasteiger partial charge in [0.25, 0.3) is 0 Å². The number of hydrogen-bond donors (Lipinski definition) is 2. The minimum absolute atomic E-state index is 0.517. The predicted octanol–water partition coefficient (Wildman–Crippen LogP) is 3.03. The van der Waals surface area contributed by atoms with E-state index in [1.807, 2.05) is 5.38 Å². The van der Waals surface area contributed by atoms with Crippen LogP contribution in [0.1, 0.15) is 32.6 Å². The van der Waals surface area contributed by atoms with E-state index in [0.29, 0.717) is 17.5 Å². The number of thiazole rings is 1. The van der Waals surface area contributed by atoms with Crippen LogP contribution in [-0.4, -0.2) is 27.5 Å². The lowest BCUT2D eigenvalue weighted by Crippen LogP contribution is -2.40. The van der Waals surface area contributed by atoms with Crippen molar-refractivity contribution in [3.63, 3.8) is 0 Å². The lowest BCUT2D eigenvalue weighted by atomic mass is 10.00. The van der Waals surface area contributed by atoms with Gasteiger partial charge >= 0.3 is 0 Å². The van der Waals surface area contributed by atoms with Crippen LogP contribution >= 0.6 is 11.3 Å². The van der Waals surface area contributed by atoms with Crippen LogP contribution in [0.2, 0.25) is 0 Å². The van der Waals surface area contributed by atoms with Crippen LogP contribution < -0.4 is 16.0 Å². The van der Waals surface area contributed by atoms with Crippen molar-refractivity contribution >= 4 is 33.8 Å². The highest BCUT2D eigenvalue weighted by atomic mass is 32.1. The van der Waals surface area contributed by atoms with Gasteiger partial charge in [-0.25, -0.2) is 15.0 Å². The van der Waals surface area contributed by atoms with Gasteiger partial charge in [-0.1, -0.05) is 6.92 Å². The second kappa shape index (κ2) is 6.26. The summed E-state index contributed by atoms with van der Waals surface area (Å²) in [4.78, 5) is 15.2. The number of nitrogens with one attached hydrogen (secondary N) is 1. The van der Waals surface area contributed by atoms with Crippen molar-refractivity contribution in [3.8, 4) is 0 Å². The largest absolute Gasteiger partial charge is 0.393 e. The Hall–Kier alpha value is -1.89. The zero-order chi connectivity index (χ0) is 14.7. The molecule has 0 spiro atoms. The molecule has 1 fully saturated rings. The van der Waals surface area contributed by atoms with Gasteiger partial charge in [-0.2, -0.15) is 0 Å². The van der Waals surface area contributed by atoms with Gasteiger partial charge < -0.3 is 16.0 Å². The fourth-order valence-corrected chi connectivity index (χ4v) is 3.33. The Bertz CT molecular complexity index is 585. The van der Waals surface area contributed by atoms with Crippen molar-refractivity contribution in [2.45, 2.75) is 38.6 Å². The van der Waals surface area contributed by atoms with E-state index in [-0.39, 0.29) is 0 Å². The van der Waals surface area contributed by atoms with Crippen LogP contribution in [-0.2, 0) is 0 Å². The predicted molar refractivity (Wildman–Crippen MR) is 87.1 cm³/mol. The van der Waals surface area contributed by atoms with Crippen LogP contribution in [0.5, 0.6) is 0 Å². The molecular formula is C14H20N6S. The Morgan fingerprint density at radius 3 is 3.05 bits per heavy atom. The maximum absolute atomic E-state index is 6.30. The van der Waals surface area contributed by atoms with Gasteiger partial charge in [0.1, 0.15) is 12.0 Å². The molecule has 1 aliphatic heterocycles. The molecular weight excluding hydrogens is 284 g/mol. The molecule has 7 heteroatoms. The molecule has 2 aromatic heterocycles. The fourth-order valence-electron chi connectivity index (χ4n) is 2.81. The van der Waals surface area contributed by atoms with Crippen LogP contribution in [0.15, 0.2) is 17.9 Å². The summed E-state index contributed by atoms with van der Waals surface area (Å²) >= 11 is 1.52. The Morgan fingerprint density at radius 1 is 1.38 bits per heavy atom. The molecule has 0 bridgehead atoms. The van der Waals surface area contributed by atoms with Gasteiger partial charge in [-0.05, 0) is 25.7 Å².